The highest BCUT2D eigenvalue weighted by Gasteiger charge is 2.14. The van der Waals surface area contributed by atoms with Crippen molar-refractivity contribution >= 4 is 39.5 Å². The van der Waals surface area contributed by atoms with Gasteiger partial charge in [-0.2, -0.15) is 0 Å². The number of nitrogens with zero attached hydrogens (tertiary/aromatic N) is 2. The summed E-state index contributed by atoms with van der Waals surface area (Å²) in [6.45, 7) is 0. The van der Waals surface area contributed by atoms with Gasteiger partial charge in [0.15, 0.2) is 4.96 Å². The number of methoxy groups -OCH3 is 2. The van der Waals surface area contributed by atoms with Crippen LogP contribution in [0, 0.1) is 0 Å². The molecule has 2 aromatic carbocycles. The molecule has 29 heavy (non-hydrogen) atoms. The van der Waals surface area contributed by atoms with Gasteiger partial charge in [0.2, 0.25) is 5.91 Å². The number of nitrogens with one attached hydrogen (secondary N) is 1. The van der Waals surface area contributed by atoms with Gasteiger partial charge in [-0.25, -0.2) is 4.98 Å². The first-order valence-electron chi connectivity index (χ1n) is 8.80. The molecule has 0 aliphatic rings. The van der Waals surface area contributed by atoms with Gasteiger partial charge in [0.25, 0.3) is 0 Å². The van der Waals surface area contributed by atoms with Crippen LogP contribution in [0.25, 0.3) is 16.2 Å². The number of benzene rings is 2. The fraction of sp³-hybridized carbons (Fsp3) is 0.143. The number of anilines is 1. The molecule has 6 nitrogen and oxygen atoms in total. The van der Waals surface area contributed by atoms with Crippen LogP contribution in [0.5, 0.6) is 11.5 Å². The summed E-state index contributed by atoms with van der Waals surface area (Å²) in [6, 6.07) is 12.8. The first-order valence-corrected chi connectivity index (χ1v) is 10.1. The highest BCUT2D eigenvalue weighted by Crippen LogP contribution is 2.29. The number of amides is 1. The smallest absolute Gasteiger partial charge is 0.230 e. The van der Waals surface area contributed by atoms with Crippen LogP contribution in [0.3, 0.4) is 0 Å². The predicted octanol–water partition coefficient (Wildman–Crippen LogP) is 4.91. The van der Waals surface area contributed by atoms with E-state index in [4.69, 9.17) is 21.1 Å². The second-order valence-corrected chi connectivity index (χ2v) is 7.58. The first-order chi connectivity index (χ1) is 14.1. The van der Waals surface area contributed by atoms with E-state index in [-0.39, 0.29) is 12.3 Å². The second-order valence-electron chi connectivity index (χ2n) is 6.31. The van der Waals surface area contributed by atoms with E-state index in [0.29, 0.717) is 16.5 Å². The van der Waals surface area contributed by atoms with Crippen LogP contribution in [-0.4, -0.2) is 29.5 Å². The standard InChI is InChI=1S/C21H18ClN3O3S/c1-27-16-5-3-4-13(8-16)18-11-25-15(12-29-21(25)24-18)10-20(26)23-17-9-14(22)6-7-19(17)28-2/h3-9,11-12H,10H2,1-2H3,(H,23,26). The van der Waals surface area contributed by atoms with Crippen molar-refractivity contribution in [1.82, 2.24) is 9.38 Å². The van der Waals surface area contributed by atoms with Crippen molar-refractivity contribution in [2.75, 3.05) is 19.5 Å². The van der Waals surface area contributed by atoms with E-state index in [2.05, 4.69) is 10.3 Å². The second kappa shape index (κ2) is 8.14. The van der Waals surface area contributed by atoms with Crippen LogP contribution in [0.2, 0.25) is 5.02 Å². The van der Waals surface area contributed by atoms with Crippen LogP contribution in [0.15, 0.2) is 54.0 Å². The highest BCUT2D eigenvalue weighted by molar-refractivity contribution is 7.15. The Bertz CT molecular complexity index is 1190. The van der Waals surface area contributed by atoms with Crippen molar-refractivity contribution < 1.29 is 14.3 Å². The maximum atomic E-state index is 12.6. The minimum atomic E-state index is -0.165. The van der Waals surface area contributed by atoms with Gasteiger partial charge in [-0.15, -0.1) is 11.3 Å². The van der Waals surface area contributed by atoms with E-state index in [1.807, 2.05) is 40.2 Å². The highest BCUT2D eigenvalue weighted by atomic mass is 35.5. The van der Waals surface area contributed by atoms with Crippen molar-refractivity contribution in [3.05, 3.63) is 64.8 Å². The fourth-order valence-corrected chi connectivity index (χ4v) is 4.06. The Kier molecular flexibility index (Phi) is 5.42. The van der Waals surface area contributed by atoms with Crippen LogP contribution in [-0.2, 0) is 11.2 Å². The molecular formula is C21H18ClN3O3S. The maximum absolute atomic E-state index is 12.6. The van der Waals surface area contributed by atoms with Crippen molar-refractivity contribution in [1.29, 1.82) is 0 Å². The molecule has 0 bridgehead atoms. The van der Waals surface area contributed by atoms with E-state index < -0.39 is 0 Å². The molecule has 4 aromatic rings. The lowest BCUT2D eigenvalue weighted by Gasteiger charge is -2.10. The molecule has 0 unspecified atom stereocenters. The number of hydrogen-bond donors (Lipinski definition) is 1. The third kappa shape index (κ3) is 4.06. The predicted molar refractivity (Wildman–Crippen MR) is 115 cm³/mol. The number of hydrogen-bond acceptors (Lipinski definition) is 5. The summed E-state index contributed by atoms with van der Waals surface area (Å²) in [5.41, 5.74) is 3.18. The molecule has 0 saturated heterocycles. The molecule has 0 atom stereocenters. The minimum absolute atomic E-state index is 0.165. The molecule has 1 N–H and O–H groups in total. The quantitative estimate of drug-likeness (QED) is 0.474. The summed E-state index contributed by atoms with van der Waals surface area (Å²) in [6.07, 6.45) is 2.13. The maximum Gasteiger partial charge on any atom is 0.230 e. The summed E-state index contributed by atoms with van der Waals surface area (Å²) in [7, 11) is 3.18. The van der Waals surface area contributed by atoms with Crippen LogP contribution >= 0.6 is 22.9 Å². The van der Waals surface area contributed by atoms with Gasteiger partial charge >= 0.3 is 0 Å². The zero-order chi connectivity index (χ0) is 20.4. The van der Waals surface area contributed by atoms with E-state index in [0.717, 1.165) is 27.7 Å². The Labute approximate surface area is 176 Å². The molecule has 0 aliphatic heterocycles. The number of carbonyl (C=O) groups is 1. The fourth-order valence-electron chi connectivity index (χ4n) is 3.01. The molecule has 0 radical (unpaired) electrons. The third-order valence-corrected chi connectivity index (χ3v) is 5.55. The summed E-state index contributed by atoms with van der Waals surface area (Å²) < 4.78 is 12.5. The number of fused-ring (bicyclic) bond motifs is 1. The lowest BCUT2D eigenvalue weighted by molar-refractivity contribution is -0.115. The molecule has 148 valence electrons. The van der Waals surface area contributed by atoms with Crippen LogP contribution in [0.1, 0.15) is 5.69 Å². The molecule has 1 amide bonds. The van der Waals surface area contributed by atoms with E-state index in [1.54, 1.807) is 32.4 Å². The molecule has 8 heteroatoms. The molecule has 2 heterocycles. The van der Waals surface area contributed by atoms with Gasteiger partial charge < -0.3 is 14.8 Å². The molecule has 2 aromatic heterocycles. The SMILES string of the molecule is COc1cccc(-c2cn3c(CC(=O)Nc4cc(Cl)ccc4OC)csc3n2)c1. The molecule has 4 rings (SSSR count). The van der Waals surface area contributed by atoms with Crippen LogP contribution < -0.4 is 14.8 Å². The number of carbonyl (C=O) groups excluding carboxylic acids is 1. The van der Waals surface area contributed by atoms with E-state index in [1.165, 1.54) is 11.3 Å². The Balaban J connectivity index is 1.56. The van der Waals surface area contributed by atoms with Crippen molar-refractivity contribution in [3.63, 3.8) is 0 Å². The Morgan fingerprint density at radius 1 is 1.21 bits per heavy atom. The van der Waals surface area contributed by atoms with E-state index in [9.17, 15) is 4.79 Å². The first kappa shape index (κ1) is 19.3. The number of ether oxygens (including phenoxy) is 2. The molecular weight excluding hydrogens is 410 g/mol. The number of halogens is 1. The molecule has 0 aliphatic carbocycles. The van der Waals surface area contributed by atoms with E-state index >= 15 is 0 Å². The van der Waals surface area contributed by atoms with Gasteiger partial charge in [0.05, 0.1) is 32.0 Å². The van der Waals surface area contributed by atoms with Gasteiger partial charge in [0, 0.05) is 27.9 Å². The third-order valence-electron chi connectivity index (χ3n) is 4.43. The summed E-state index contributed by atoms with van der Waals surface area (Å²) >= 11 is 7.53. The van der Waals surface area contributed by atoms with Crippen LogP contribution in [0.4, 0.5) is 5.69 Å². The minimum Gasteiger partial charge on any atom is -0.497 e. The normalized spacial score (nSPS) is 10.9. The van der Waals surface area contributed by atoms with Crippen molar-refractivity contribution in [2.45, 2.75) is 6.42 Å². The van der Waals surface area contributed by atoms with Gasteiger partial charge in [-0.05, 0) is 30.3 Å². The number of imidazole rings is 1. The van der Waals surface area contributed by atoms with Gasteiger partial charge in [-0.1, -0.05) is 23.7 Å². The zero-order valence-electron chi connectivity index (χ0n) is 15.8. The van der Waals surface area contributed by atoms with Gasteiger partial charge in [0.1, 0.15) is 11.5 Å². The lowest BCUT2D eigenvalue weighted by Crippen LogP contribution is -2.15. The number of rotatable bonds is 6. The largest absolute Gasteiger partial charge is 0.497 e. The van der Waals surface area contributed by atoms with Crippen molar-refractivity contribution in [2.24, 2.45) is 0 Å². The summed E-state index contributed by atoms with van der Waals surface area (Å²) in [5.74, 6) is 1.16. The summed E-state index contributed by atoms with van der Waals surface area (Å²) in [5, 5.41) is 5.33. The molecule has 0 spiro atoms. The molecule has 0 fully saturated rings. The average Bonchev–Trinajstić information content (AvgIpc) is 3.30. The Morgan fingerprint density at radius 2 is 2.07 bits per heavy atom. The topological polar surface area (TPSA) is 64.9 Å². The number of aromatic nitrogens is 2. The zero-order valence-corrected chi connectivity index (χ0v) is 17.4. The molecule has 0 saturated carbocycles. The monoisotopic (exact) mass is 427 g/mol. The Hall–Kier alpha value is -3.03. The Morgan fingerprint density at radius 3 is 2.86 bits per heavy atom. The lowest BCUT2D eigenvalue weighted by atomic mass is 10.1. The van der Waals surface area contributed by atoms with Gasteiger partial charge in [-0.3, -0.25) is 9.20 Å². The number of thiazole rings is 1. The average molecular weight is 428 g/mol. The van der Waals surface area contributed by atoms with Crippen molar-refractivity contribution in [3.8, 4) is 22.8 Å². The summed E-state index contributed by atoms with van der Waals surface area (Å²) in [4.78, 5) is 18.1.